The zero-order valence-corrected chi connectivity index (χ0v) is 21.7. The van der Waals surface area contributed by atoms with Gasteiger partial charge in [-0.3, -0.25) is 19.4 Å². The van der Waals surface area contributed by atoms with Crippen LogP contribution in [0.5, 0.6) is 5.75 Å². The maximum Gasteiger partial charge on any atom is 0.334 e. The van der Waals surface area contributed by atoms with Crippen molar-refractivity contribution in [2.75, 3.05) is 13.2 Å². The molecule has 1 fully saturated rings. The average Bonchev–Trinajstić information content (AvgIpc) is 2.87. The maximum atomic E-state index is 13.2. The van der Waals surface area contributed by atoms with Crippen molar-refractivity contribution in [2.45, 2.75) is 71.8 Å². The van der Waals surface area contributed by atoms with Crippen LogP contribution in [0.25, 0.3) is 6.08 Å². The Hall–Kier alpha value is -3.41. The van der Waals surface area contributed by atoms with E-state index in [4.69, 9.17) is 4.74 Å². The quantitative estimate of drug-likeness (QED) is 0.189. The Bertz CT molecular complexity index is 1040. The molecule has 6 heteroatoms. The largest absolute Gasteiger partial charge is 0.494 e. The molecule has 0 aliphatic carbocycles. The molecular weight excluding hydrogens is 452 g/mol. The van der Waals surface area contributed by atoms with Gasteiger partial charge in [0.15, 0.2) is 0 Å². The molecule has 192 valence electrons. The van der Waals surface area contributed by atoms with E-state index in [9.17, 15) is 14.4 Å². The summed E-state index contributed by atoms with van der Waals surface area (Å²) < 4.78 is 5.84. The Kier molecular flexibility index (Phi) is 10.3. The van der Waals surface area contributed by atoms with E-state index in [1.807, 2.05) is 54.6 Å². The third-order valence-electron chi connectivity index (χ3n) is 6.30. The lowest BCUT2D eigenvalue weighted by molar-refractivity contribution is -0.136. The van der Waals surface area contributed by atoms with Gasteiger partial charge in [0, 0.05) is 12.6 Å². The van der Waals surface area contributed by atoms with Crippen LogP contribution in [0.3, 0.4) is 0 Å². The highest BCUT2D eigenvalue weighted by Crippen LogP contribution is 2.23. The van der Waals surface area contributed by atoms with Gasteiger partial charge in [-0.25, -0.2) is 4.79 Å². The van der Waals surface area contributed by atoms with E-state index in [1.165, 1.54) is 37.0 Å². The molecule has 0 aromatic heterocycles. The number of carbonyl (C=O) groups is 3. The topological polar surface area (TPSA) is 66.9 Å². The van der Waals surface area contributed by atoms with Crippen LogP contribution in [0.2, 0.25) is 0 Å². The number of nitrogens with zero attached hydrogens (tertiary/aromatic N) is 2. The number of ether oxygens (including phenoxy) is 1. The first-order chi connectivity index (χ1) is 17.4. The predicted octanol–water partition coefficient (Wildman–Crippen LogP) is 6.25. The highest BCUT2D eigenvalue weighted by Gasteiger charge is 2.42. The van der Waals surface area contributed by atoms with E-state index >= 15 is 0 Å². The lowest BCUT2D eigenvalue weighted by atomic mass is 10.0. The second kappa shape index (κ2) is 13.6. The van der Waals surface area contributed by atoms with Crippen LogP contribution in [-0.4, -0.2) is 46.8 Å². The highest BCUT2D eigenvalue weighted by molar-refractivity contribution is 6.31. The molecule has 6 nitrogen and oxygen atoms in total. The van der Waals surface area contributed by atoms with Crippen molar-refractivity contribution in [2.24, 2.45) is 0 Å². The molecule has 2 aromatic rings. The van der Waals surface area contributed by atoms with Gasteiger partial charge in [-0.15, -0.1) is 0 Å². The lowest BCUT2D eigenvalue weighted by Crippen LogP contribution is -2.58. The third-order valence-corrected chi connectivity index (χ3v) is 6.30. The van der Waals surface area contributed by atoms with E-state index in [0.717, 1.165) is 22.6 Å². The van der Waals surface area contributed by atoms with Gasteiger partial charge in [0.25, 0.3) is 11.8 Å². The molecule has 0 bridgehead atoms. The Morgan fingerprint density at radius 3 is 2.17 bits per heavy atom. The predicted molar refractivity (Wildman–Crippen MR) is 143 cm³/mol. The lowest BCUT2D eigenvalue weighted by Gasteiger charge is -2.36. The molecule has 1 saturated heterocycles. The fourth-order valence-corrected chi connectivity index (χ4v) is 4.23. The van der Waals surface area contributed by atoms with Crippen LogP contribution in [0.4, 0.5) is 4.79 Å². The second-order valence-electron chi connectivity index (χ2n) is 9.49. The van der Waals surface area contributed by atoms with Gasteiger partial charge in [-0.05, 0) is 56.0 Å². The molecule has 1 aliphatic heterocycles. The van der Waals surface area contributed by atoms with Gasteiger partial charge in [0.1, 0.15) is 11.3 Å². The minimum atomic E-state index is -0.563. The number of carbonyl (C=O) groups excluding carboxylic acids is 3. The fraction of sp³-hybridized carbons (Fsp3) is 0.433. The van der Waals surface area contributed by atoms with Crippen molar-refractivity contribution in [1.29, 1.82) is 0 Å². The van der Waals surface area contributed by atoms with Crippen LogP contribution in [-0.2, 0) is 16.0 Å². The van der Waals surface area contributed by atoms with E-state index in [0.29, 0.717) is 18.6 Å². The number of rotatable bonds is 13. The van der Waals surface area contributed by atoms with Crippen LogP contribution < -0.4 is 4.74 Å². The summed E-state index contributed by atoms with van der Waals surface area (Å²) in [6.45, 7) is 6.64. The van der Waals surface area contributed by atoms with Gasteiger partial charge in [-0.1, -0.05) is 81.5 Å². The van der Waals surface area contributed by atoms with Crippen LogP contribution in [0, 0.1) is 0 Å². The second-order valence-corrected chi connectivity index (χ2v) is 9.49. The van der Waals surface area contributed by atoms with Gasteiger partial charge >= 0.3 is 6.03 Å². The number of urea groups is 1. The normalized spacial score (nSPS) is 15.3. The van der Waals surface area contributed by atoms with Crippen molar-refractivity contribution in [1.82, 2.24) is 9.80 Å². The summed E-state index contributed by atoms with van der Waals surface area (Å²) in [7, 11) is 0. The van der Waals surface area contributed by atoms with Crippen molar-refractivity contribution in [3.63, 3.8) is 0 Å². The third kappa shape index (κ3) is 7.30. The minimum Gasteiger partial charge on any atom is -0.494 e. The standard InChI is InChI=1S/C30H38N2O4/c1-4-5-6-7-8-12-21-36-26-17-15-25(16-18-26)22-27-28(33)31(20-19-24-13-10-9-11-14-24)30(35)32(23(2)3)29(27)34/h9-11,13-18,22-23H,4-8,12,19-21H2,1-3H3. The van der Waals surface area contributed by atoms with Crippen molar-refractivity contribution < 1.29 is 19.1 Å². The van der Waals surface area contributed by atoms with Gasteiger partial charge in [0.05, 0.1) is 6.61 Å². The number of amides is 4. The Morgan fingerprint density at radius 2 is 1.50 bits per heavy atom. The smallest absolute Gasteiger partial charge is 0.334 e. The highest BCUT2D eigenvalue weighted by atomic mass is 16.5. The first-order valence-corrected chi connectivity index (χ1v) is 13.1. The summed E-state index contributed by atoms with van der Waals surface area (Å²) in [6, 6.07) is 16.1. The number of imide groups is 2. The number of hydrogen-bond donors (Lipinski definition) is 0. The summed E-state index contributed by atoms with van der Waals surface area (Å²) in [5.74, 6) is -0.351. The molecule has 0 N–H and O–H groups in total. The van der Waals surface area contributed by atoms with E-state index in [2.05, 4.69) is 6.92 Å². The monoisotopic (exact) mass is 490 g/mol. The average molecular weight is 491 g/mol. The maximum absolute atomic E-state index is 13.2. The molecule has 2 aromatic carbocycles. The number of unbranched alkanes of at least 4 members (excludes halogenated alkanes) is 5. The van der Waals surface area contributed by atoms with Gasteiger partial charge in [0.2, 0.25) is 0 Å². The van der Waals surface area contributed by atoms with Gasteiger partial charge < -0.3 is 4.74 Å². The summed E-state index contributed by atoms with van der Waals surface area (Å²) in [6.07, 6.45) is 9.34. The summed E-state index contributed by atoms with van der Waals surface area (Å²) in [5.41, 5.74) is 1.73. The van der Waals surface area contributed by atoms with Gasteiger partial charge in [-0.2, -0.15) is 0 Å². The summed E-state index contributed by atoms with van der Waals surface area (Å²) in [5, 5.41) is 0. The van der Waals surface area contributed by atoms with Crippen molar-refractivity contribution in [3.05, 3.63) is 71.3 Å². The molecule has 0 radical (unpaired) electrons. The first-order valence-electron chi connectivity index (χ1n) is 13.1. The SMILES string of the molecule is CCCCCCCCOc1ccc(C=C2C(=O)N(CCc3ccccc3)C(=O)N(C(C)C)C2=O)cc1. The summed E-state index contributed by atoms with van der Waals surface area (Å²) in [4.78, 5) is 41.7. The first kappa shape index (κ1) is 27.2. The molecule has 4 amide bonds. The molecule has 0 spiro atoms. The van der Waals surface area contributed by atoms with E-state index in [1.54, 1.807) is 19.9 Å². The molecule has 36 heavy (non-hydrogen) atoms. The molecule has 3 rings (SSSR count). The molecular formula is C30H38N2O4. The minimum absolute atomic E-state index is 0.00268. The molecule has 0 atom stereocenters. The van der Waals surface area contributed by atoms with Crippen molar-refractivity contribution >= 4 is 23.9 Å². The number of benzene rings is 2. The number of barbiturate groups is 1. The van der Waals surface area contributed by atoms with E-state index in [-0.39, 0.29) is 18.2 Å². The zero-order chi connectivity index (χ0) is 25.9. The molecule has 1 aliphatic rings. The molecule has 0 unspecified atom stereocenters. The van der Waals surface area contributed by atoms with Crippen LogP contribution >= 0.6 is 0 Å². The number of hydrogen-bond acceptors (Lipinski definition) is 4. The molecule has 0 saturated carbocycles. The Balaban J connectivity index is 1.68. The van der Waals surface area contributed by atoms with E-state index < -0.39 is 17.8 Å². The molecule has 1 heterocycles. The Labute approximate surface area is 214 Å². The van der Waals surface area contributed by atoms with Crippen LogP contribution in [0.15, 0.2) is 60.2 Å². The fourth-order valence-electron chi connectivity index (χ4n) is 4.23. The van der Waals surface area contributed by atoms with Crippen molar-refractivity contribution in [3.8, 4) is 5.75 Å². The van der Waals surface area contributed by atoms with Crippen LogP contribution in [0.1, 0.15) is 70.4 Å². The Morgan fingerprint density at radius 1 is 0.833 bits per heavy atom. The zero-order valence-electron chi connectivity index (χ0n) is 21.7. The summed E-state index contributed by atoms with van der Waals surface area (Å²) >= 11 is 0.